The molecule has 0 spiro atoms. The highest BCUT2D eigenvalue weighted by Gasteiger charge is 1.82. The lowest BCUT2D eigenvalue weighted by molar-refractivity contribution is 0.563. The van der Waals surface area contributed by atoms with Crippen molar-refractivity contribution < 1.29 is 4.79 Å². The average molecular weight is 161 g/mol. The molecule has 0 aromatic heterocycles. The van der Waals surface area contributed by atoms with Crippen molar-refractivity contribution in [3.8, 4) is 0 Å². The van der Waals surface area contributed by atoms with E-state index in [2.05, 4.69) is 18.7 Å². The third-order valence-electron chi connectivity index (χ3n) is 1.22. The van der Waals surface area contributed by atoms with Crippen LogP contribution in [0.25, 0.3) is 0 Å². The summed E-state index contributed by atoms with van der Waals surface area (Å²) in [6.45, 7) is 3.66. The monoisotopic (exact) mass is 161 g/mol. The van der Waals surface area contributed by atoms with Gasteiger partial charge in [-0.3, -0.25) is 0 Å². The van der Waals surface area contributed by atoms with Crippen LogP contribution in [0.15, 0.2) is 43.0 Å². The third kappa shape index (κ3) is 5.15. The van der Waals surface area contributed by atoms with Gasteiger partial charge in [0.15, 0.2) is 0 Å². The predicted molar refractivity (Wildman–Crippen MR) is 48.8 cm³/mol. The molecule has 0 heterocycles. The minimum atomic E-state index is 0.750. The molecule has 0 bridgehead atoms. The van der Waals surface area contributed by atoms with Crippen LogP contribution in [-0.4, -0.2) is 6.08 Å². The molecule has 0 aliphatic rings. The van der Waals surface area contributed by atoms with Crippen molar-refractivity contribution in [3.05, 3.63) is 48.6 Å². The van der Waals surface area contributed by atoms with Crippen LogP contribution in [0, 0.1) is 5.41 Å². The van der Waals surface area contributed by atoms with Crippen molar-refractivity contribution in [1.29, 1.82) is 5.41 Å². The molecule has 12 heavy (non-hydrogen) atoms. The molecule has 1 aromatic rings. The number of hydrogen-bond donors (Lipinski definition) is 1. The van der Waals surface area contributed by atoms with Crippen molar-refractivity contribution in [2.45, 2.75) is 6.42 Å². The fourth-order valence-electron chi connectivity index (χ4n) is 0.781. The van der Waals surface area contributed by atoms with E-state index in [1.807, 2.05) is 24.3 Å². The van der Waals surface area contributed by atoms with Gasteiger partial charge in [-0.05, 0) is 12.0 Å². The summed E-state index contributed by atoms with van der Waals surface area (Å²) in [7, 11) is 0. The van der Waals surface area contributed by atoms with Crippen LogP contribution < -0.4 is 0 Å². The molecule has 0 atom stereocenters. The Bertz CT molecular complexity index is 248. The average Bonchev–Trinajstić information content (AvgIpc) is 2.08. The lowest BCUT2D eigenvalue weighted by atomic mass is 10.2. The summed E-state index contributed by atoms with van der Waals surface area (Å²) in [4.78, 5) is 8.35. The fraction of sp³-hybridized carbons (Fsp3) is 0.100. The number of allylic oxidation sites excluding steroid dienone is 1. The highest BCUT2D eigenvalue weighted by Crippen LogP contribution is 1.98. The minimum Gasteiger partial charge on any atom is -0.222 e. The summed E-state index contributed by atoms with van der Waals surface area (Å²) in [5.74, 6) is 0. The molecule has 2 nitrogen and oxygen atoms in total. The molecule has 0 saturated heterocycles. The van der Waals surface area contributed by atoms with Crippen molar-refractivity contribution in [3.63, 3.8) is 0 Å². The number of isocyanates is 1. The van der Waals surface area contributed by atoms with Gasteiger partial charge < -0.3 is 0 Å². The Morgan fingerprint density at radius 3 is 2.33 bits per heavy atom. The van der Waals surface area contributed by atoms with Gasteiger partial charge in [-0.15, -0.1) is 6.58 Å². The number of benzene rings is 1. The molecule has 0 radical (unpaired) electrons. The first-order chi connectivity index (χ1) is 5.85. The Morgan fingerprint density at radius 2 is 1.92 bits per heavy atom. The summed E-state index contributed by atoms with van der Waals surface area (Å²) in [6, 6.07) is 10.3. The van der Waals surface area contributed by atoms with Gasteiger partial charge in [-0.2, -0.15) is 0 Å². The second kappa shape index (κ2) is 7.45. The van der Waals surface area contributed by atoms with Crippen LogP contribution in [0.4, 0.5) is 0 Å². The van der Waals surface area contributed by atoms with Gasteiger partial charge >= 0.3 is 0 Å². The van der Waals surface area contributed by atoms with Crippen molar-refractivity contribution in [2.24, 2.45) is 0 Å². The van der Waals surface area contributed by atoms with Crippen molar-refractivity contribution in [1.82, 2.24) is 0 Å². The van der Waals surface area contributed by atoms with Gasteiger partial charge in [-0.1, -0.05) is 36.4 Å². The van der Waals surface area contributed by atoms with Crippen molar-refractivity contribution in [2.75, 3.05) is 0 Å². The van der Waals surface area contributed by atoms with Crippen LogP contribution in [0.2, 0.25) is 0 Å². The van der Waals surface area contributed by atoms with Crippen LogP contribution in [0.5, 0.6) is 0 Å². The molecule has 0 unspecified atom stereocenters. The predicted octanol–water partition coefficient (Wildman–Crippen LogP) is 2.32. The van der Waals surface area contributed by atoms with Gasteiger partial charge in [0, 0.05) is 0 Å². The summed E-state index contributed by atoms with van der Waals surface area (Å²) >= 11 is 0. The molecule has 0 saturated carbocycles. The first kappa shape index (κ1) is 10.3. The molecule has 1 aromatic carbocycles. The molecular weight excluding hydrogens is 150 g/mol. The maximum Gasteiger partial charge on any atom is 0.231 e. The largest absolute Gasteiger partial charge is 0.231 e. The Kier molecular flexibility index (Phi) is 6.42. The zero-order valence-corrected chi connectivity index (χ0v) is 6.79. The highest BCUT2D eigenvalue weighted by molar-refractivity contribution is 5.26. The topological polar surface area (TPSA) is 40.9 Å². The van der Waals surface area contributed by atoms with E-state index in [0.29, 0.717) is 0 Å². The fourth-order valence-corrected chi connectivity index (χ4v) is 0.781. The van der Waals surface area contributed by atoms with E-state index in [-0.39, 0.29) is 0 Å². The smallest absolute Gasteiger partial charge is 0.222 e. The molecule has 0 fully saturated rings. The van der Waals surface area contributed by atoms with Gasteiger partial charge in [0.1, 0.15) is 0 Å². The van der Waals surface area contributed by atoms with E-state index >= 15 is 0 Å². The standard InChI is InChI=1S/C9H10.CHNO/c1-2-6-9-7-4-3-5-8-9;2-1-3/h2-5,7-8H,1,6H2;2H. The van der Waals surface area contributed by atoms with E-state index in [4.69, 9.17) is 10.2 Å². The third-order valence-corrected chi connectivity index (χ3v) is 1.22. The van der Waals surface area contributed by atoms with E-state index < -0.39 is 0 Å². The molecular formula is C10H11NO. The van der Waals surface area contributed by atoms with Gasteiger partial charge in [0.25, 0.3) is 0 Å². The summed E-state index contributed by atoms with van der Waals surface area (Å²) in [5, 5.41) is 5.40. The Hall–Kier alpha value is -1.66. The Labute approximate surface area is 72.1 Å². The first-order valence-corrected chi connectivity index (χ1v) is 3.53. The number of carbonyl (C=O) groups excluding carboxylic acids is 1. The van der Waals surface area contributed by atoms with Gasteiger partial charge in [0.05, 0.1) is 0 Å². The lowest BCUT2D eigenvalue weighted by Crippen LogP contribution is -1.75. The number of nitrogens with one attached hydrogen (secondary N) is 1. The molecule has 0 aliphatic carbocycles. The van der Waals surface area contributed by atoms with E-state index in [1.54, 1.807) is 0 Å². The summed E-state index contributed by atoms with van der Waals surface area (Å²) in [6.07, 6.45) is 3.64. The summed E-state index contributed by atoms with van der Waals surface area (Å²) < 4.78 is 0. The van der Waals surface area contributed by atoms with Gasteiger partial charge in [-0.25, -0.2) is 10.2 Å². The van der Waals surface area contributed by atoms with E-state index in [1.165, 1.54) is 5.56 Å². The minimum absolute atomic E-state index is 0.750. The molecule has 1 rings (SSSR count). The zero-order chi connectivity index (χ0) is 9.23. The quantitative estimate of drug-likeness (QED) is 0.403. The Morgan fingerprint density at radius 1 is 1.42 bits per heavy atom. The van der Waals surface area contributed by atoms with E-state index in [9.17, 15) is 0 Å². The van der Waals surface area contributed by atoms with E-state index in [0.717, 1.165) is 12.5 Å². The highest BCUT2D eigenvalue weighted by atomic mass is 16.1. The van der Waals surface area contributed by atoms with Crippen LogP contribution in [-0.2, 0) is 11.2 Å². The zero-order valence-electron chi connectivity index (χ0n) is 6.79. The van der Waals surface area contributed by atoms with Gasteiger partial charge in [0.2, 0.25) is 6.08 Å². The molecule has 62 valence electrons. The summed E-state index contributed by atoms with van der Waals surface area (Å²) in [5.41, 5.74) is 1.33. The maximum atomic E-state index is 8.35. The number of rotatable bonds is 2. The molecule has 2 heteroatoms. The van der Waals surface area contributed by atoms with Crippen LogP contribution >= 0.6 is 0 Å². The maximum absolute atomic E-state index is 8.35. The lowest BCUT2D eigenvalue weighted by Gasteiger charge is -1.91. The first-order valence-electron chi connectivity index (χ1n) is 3.53. The van der Waals surface area contributed by atoms with Crippen LogP contribution in [0.3, 0.4) is 0 Å². The molecule has 1 N–H and O–H groups in total. The van der Waals surface area contributed by atoms with Crippen molar-refractivity contribution >= 4 is 6.08 Å². The molecule has 0 amide bonds. The SMILES string of the molecule is C=CCc1ccccc1.N=C=O. The normalized spacial score (nSPS) is 7.33. The van der Waals surface area contributed by atoms with Crippen LogP contribution in [0.1, 0.15) is 5.56 Å². The molecule has 0 aliphatic heterocycles. The second-order valence-electron chi connectivity index (χ2n) is 2.08. The number of hydrogen-bond acceptors (Lipinski definition) is 2. The second-order valence-corrected chi connectivity index (χ2v) is 2.08. The Balaban J connectivity index is 0.000000354.